The minimum absolute atomic E-state index is 0.122. The van der Waals surface area contributed by atoms with Crippen molar-refractivity contribution in [1.29, 1.82) is 0 Å². The molecule has 1 amide bonds. The molecule has 1 saturated carbocycles. The van der Waals surface area contributed by atoms with Crippen LogP contribution in [0.3, 0.4) is 0 Å². The summed E-state index contributed by atoms with van der Waals surface area (Å²) in [5.74, 6) is 0.122. The molecular formula is C11H22N2O2. The predicted octanol–water partition coefficient (Wildman–Crippen LogP) is 0.671. The predicted molar refractivity (Wildman–Crippen MR) is 59.8 cm³/mol. The average molecular weight is 214 g/mol. The van der Waals surface area contributed by atoms with Gasteiger partial charge in [-0.2, -0.15) is 0 Å². The molecule has 15 heavy (non-hydrogen) atoms. The molecule has 1 aliphatic carbocycles. The van der Waals surface area contributed by atoms with Crippen LogP contribution in [0.15, 0.2) is 0 Å². The van der Waals surface area contributed by atoms with Crippen molar-refractivity contribution in [1.82, 2.24) is 10.6 Å². The maximum Gasteiger partial charge on any atom is 0.240 e. The highest BCUT2D eigenvalue weighted by Crippen LogP contribution is 2.29. The van der Waals surface area contributed by atoms with Gasteiger partial charge in [0.2, 0.25) is 5.91 Å². The van der Waals surface area contributed by atoms with Crippen molar-refractivity contribution in [2.24, 2.45) is 0 Å². The van der Waals surface area contributed by atoms with Crippen LogP contribution in [0.2, 0.25) is 0 Å². The van der Waals surface area contributed by atoms with E-state index >= 15 is 0 Å². The lowest BCUT2D eigenvalue weighted by atomic mass is 9.96. The zero-order valence-corrected chi connectivity index (χ0v) is 9.77. The minimum atomic E-state index is -0.328. The van der Waals surface area contributed by atoms with Gasteiger partial charge in [-0.1, -0.05) is 12.8 Å². The molecule has 88 valence electrons. The first-order valence-electron chi connectivity index (χ1n) is 5.80. The van der Waals surface area contributed by atoms with E-state index in [0.717, 1.165) is 38.8 Å². The summed E-state index contributed by atoms with van der Waals surface area (Å²) in [5.41, 5.74) is -0.328. The van der Waals surface area contributed by atoms with Crippen LogP contribution in [0.4, 0.5) is 0 Å². The van der Waals surface area contributed by atoms with Crippen LogP contribution in [0, 0.1) is 0 Å². The Labute approximate surface area is 91.8 Å². The quantitative estimate of drug-likeness (QED) is 0.639. The van der Waals surface area contributed by atoms with Gasteiger partial charge in [0.15, 0.2) is 0 Å². The number of amides is 1. The van der Waals surface area contributed by atoms with Crippen molar-refractivity contribution in [2.45, 2.75) is 38.1 Å². The summed E-state index contributed by atoms with van der Waals surface area (Å²) in [6, 6.07) is 0. The molecule has 0 unspecified atom stereocenters. The van der Waals surface area contributed by atoms with Gasteiger partial charge in [-0.25, -0.2) is 0 Å². The lowest BCUT2D eigenvalue weighted by molar-refractivity contribution is -0.127. The van der Waals surface area contributed by atoms with Gasteiger partial charge < -0.3 is 15.4 Å². The van der Waals surface area contributed by atoms with Crippen LogP contribution >= 0.6 is 0 Å². The molecule has 4 heteroatoms. The Morgan fingerprint density at radius 2 is 2.07 bits per heavy atom. The number of likely N-dealkylation sites (N-methyl/N-ethyl adjacent to an activating group) is 1. The summed E-state index contributed by atoms with van der Waals surface area (Å²) < 4.78 is 5.26. The third-order valence-corrected chi connectivity index (χ3v) is 3.03. The summed E-state index contributed by atoms with van der Waals surface area (Å²) in [6.07, 6.45) is 4.15. The molecule has 0 aromatic carbocycles. The van der Waals surface area contributed by atoms with E-state index in [1.54, 1.807) is 7.05 Å². The molecule has 4 nitrogen and oxygen atoms in total. The monoisotopic (exact) mass is 214 g/mol. The molecule has 0 radical (unpaired) electrons. The van der Waals surface area contributed by atoms with Gasteiger partial charge in [-0.05, 0) is 19.8 Å². The number of carbonyl (C=O) groups excluding carboxylic acids is 1. The third-order valence-electron chi connectivity index (χ3n) is 3.03. The van der Waals surface area contributed by atoms with Gasteiger partial charge >= 0.3 is 0 Å². The lowest BCUT2D eigenvalue weighted by Gasteiger charge is -2.28. The molecule has 2 N–H and O–H groups in total. The number of rotatable bonds is 6. The fourth-order valence-corrected chi connectivity index (χ4v) is 2.21. The van der Waals surface area contributed by atoms with E-state index in [1.807, 2.05) is 6.92 Å². The minimum Gasteiger partial charge on any atom is -0.380 e. The summed E-state index contributed by atoms with van der Waals surface area (Å²) in [5, 5.41) is 6.09. The standard InChI is InChI=1S/C11H22N2O2/c1-3-15-9-8-13-11(10(14)12-2)6-4-5-7-11/h13H,3-9H2,1-2H3,(H,12,14). The van der Waals surface area contributed by atoms with Gasteiger partial charge in [-0.15, -0.1) is 0 Å². The van der Waals surface area contributed by atoms with Crippen LogP contribution in [0.25, 0.3) is 0 Å². The second kappa shape index (κ2) is 6.08. The van der Waals surface area contributed by atoms with Crippen LogP contribution < -0.4 is 10.6 Å². The SMILES string of the molecule is CCOCCNC1(C(=O)NC)CCCC1. The van der Waals surface area contributed by atoms with E-state index in [1.165, 1.54) is 0 Å². The Balaban J connectivity index is 2.40. The smallest absolute Gasteiger partial charge is 0.240 e. The zero-order chi connectivity index (χ0) is 11.1. The first-order chi connectivity index (χ1) is 7.25. The third kappa shape index (κ3) is 3.18. The summed E-state index contributed by atoms with van der Waals surface area (Å²) in [6.45, 7) is 4.13. The van der Waals surface area contributed by atoms with Crippen molar-refractivity contribution >= 4 is 5.91 Å². The van der Waals surface area contributed by atoms with Crippen molar-refractivity contribution in [2.75, 3.05) is 26.8 Å². The molecule has 1 aliphatic rings. The van der Waals surface area contributed by atoms with Gasteiger partial charge in [0.25, 0.3) is 0 Å². The molecule has 1 fully saturated rings. The van der Waals surface area contributed by atoms with E-state index in [4.69, 9.17) is 4.74 Å². The van der Waals surface area contributed by atoms with Gasteiger partial charge in [0.05, 0.1) is 12.1 Å². The summed E-state index contributed by atoms with van der Waals surface area (Å²) in [7, 11) is 1.70. The van der Waals surface area contributed by atoms with Gasteiger partial charge in [0, 0.05) is 20.2 Å². The molecule has 0 aromatic heterocycles. The fraction of sp³-hybridized carbons (Fsp3) is 0.909. The fourth-order valence-electron chi connectivity index (χ4n) is 2.21. The first kappa shape index (κ1) is 12.5. The van der Waals surface area contributed by atoms with Crippen molar-refractivity contribution in [3.8, 4) is 0 Å². The number of nitrogens with one attached hydrogen (secondary N) is 2. The Bertz CT molecular complexity index is 201. The summed E-state index contributed by atoms with van der Waals surface area (Å²) in [4.78, 5) is 11.8. The molecule has 1 rings (SSSR count). The highest BCUT2D eigenvalue weighted by molar-refractivity contribution is 5.86. The second-order valence-electron chi connectivity index (χ2n) is 3.99. The normalized spacial score (nSPS) is 19.1. The van der Waals surface area contributed by atoms with E-state index in [-0.39, 0.29) is 11.4 Å². The van der Waals surface area contributed by atoms with E-state index in [0.29, 0.717) is 6.61 Å². The highest BCUT2D eigenvalue weighted by Gasteiger charge is 2.39. The van der Waals surface area contributed by atoms with Gasteiger partial charge in [-0.3, -0.25) is 4.79 Å². The zero-order valence-electron chi connectivity index (χ0n) is 9.77. The van der Waals surface area contributed by atoms with Crippen LogP contribution in [-0.4, -0.2) is 38.3 Å². The molecule has 0 aliphatic heterocycles. The number of carbonyl (C=O) groups is 1. The largest absolute Gasteiger partial charge is 0.380 e. The molecular weight excluding hydrogens is 192 g/mol. The van der Waals surface area contributed by atoms with Gasteiger partial charge in [0.1, 0.15) is 0 Å². The van der Waals surface area contributed by atoms with E-state index < -0.39 is 0 Å². The number of hydrogen-bond donors (Lipinski definition) is 2. The van der Waals surface area contributed by atoms with Crippen LogP contribution in [0.1, 0.15) is 32.6 Å². The topological polar surface area (TPSA) is 50.4 Å². The average Bonchev–Trinajstić information content (AvgIpc) is 2.73. The number of ether oxygens (including phenoxy) is 1. The first-order valence-corrected chi connectivity index (χ1v) is 5.80. The van der Waals surface area contributed by atoms with E-state index in [9.17, 15) is 4.79 Å². The Kier molecular flexibility index (Phi) is 5.05. The van der Waals surface area contributed by atoms with Crippen molar-refractivity contribution in [3.05, 3.63) is 0 Å². The second-order valence-corrected chi connectivity index (χ2v) is 3.99. The van der Waals surface area contributed by atoms with Crippen LogP contribution in [0.5, 0.6) is 0 Å². The van der Waals surface area contributed by atoms with Crippen molar-refractivity contribution in [3.63, 3.8) is 0 Å². The maximum absolute atomic E-state index is 11.8. The molecule has 0 bridgehead atoms. The molecule has 0 aromatic rings. The van der Waals surface area contributed by atoms with Crippen LogP contribution in [-0.2, 0) is 9.53 Å². The highest BCUT2D eigenvalue weighted by atomic mass is 16.5. The Hall–Kier alpha value is -0.610. The van der Waals surface area contributed by atoms with E-state index in [2.05, 4.69) is 10.6 Å². The molecule has 0 heterocycles. The lowest BCUT2D eigenvalue weighted by Crippen LogP contribution is -2.55. The molecule has 0 spiro atoms. The van der Waals surface area contributed by atoms with Crippen molar-refractivity contribution < 1.29 is 9.53 Å². The Morgan fingerprint density at radius 1 is 1.40 bits per heavy atom. The molecule has 0 saturated heterocycles. The number of hydrogen-bond acceptors (Lipinski definition) is 3. The maximum atomic E-state index is 11.8. The Morgan fingerprint density at radius 3 is 2.60 bits per heavy atom. The summed E-state index contributed by atoms with van der Waals surface area (Å²) >= 11 is 0. The molecule has 0 atom stereocenters.